The topological polar surface area (TPSA) is 73.5 Å². The molecule has 0 amide bonds. The van der Waals surface area contributed by atoms with Gasteiger partial charge in [0.1, 0.15) is 24.4 Å². The molecule has 0 bridgehead atoms. The van der Waals surface area contributed by atoms with E-state index in [0.29, 0.717) is 43.7 Å². The van der Waals surface area contributed by atoms with Crippen molar-refractivity contribution in [2.75, 3.05) is 30.4 Å². The van der Waals surface area contributed by atoms with Gasteiger partial charge >= 0.3 is 0 Å². The largest absolute Gasteiger partial charge is 0.491 e. The van der Waals surface area contributed by atoms with Crippen LogP contribution in [0.15, 0.2) is 30.6 Å². The molecular formula is C15H18N4O2. The van der Waals surface area contributed by atoms with E-state index >= 15 is 0 Å². The number of rotatable bonds is 3. The van der Waals surface area contributed by atoms with Crippen molar-refractivity contribution >= 4 is 11.5 Å². The maximum atomic E-state index is 6.14. The van der Waals surface area contributed by atoms with Crippen molar-refractivity contribution in [1.82, 2.24) is 9.97 Å². The van der Waals surface area contributed by atoms with Crippen LogP contribution in [0.4, 0.5) is 11.5 Å². The minimum atomic E-state index is 0.431. The SMILES string of the molecule is CCOc1ncnc(N2CCOc3ccccc3C2)c1N. The molecule has 21 heavy (non-hydrogen) atoms. The number of aromatic nitrogens is 2. The highest BCUT2D eigenvalue weighted by atomic mass is 16.5. The summed E-state index contributed by atoms with van der Waals surface area (Å²) in [7, 11) is 0. The Morgan fingerprint density at radius 2 is 2.19 bits per heavy atom. The Morgan fingerprint density at radius 3 is 3.05 bits per heavy atom. The van der Waals surface area contributed by atoms with Gasteiger partial charge in [0.2, 0.25) is 5.88 Å². The highest BCUT2D eigenvalue weighted by Gasteiger charge is 2.20. The summed E-state index contributed by atoms with van der Waals surface area (Å²) in [5.74, 6) is 2.03. The Balaban J connectivity index is 1.92. The van der Waals surface area contributed by atoms with Gasteiger partial charge in [-0.1, -0.05) is 18.2 Å². The molecule has 6 nitrogen and oxygen atoms in total. The van der Waals surface area contributed by atoms with Gasteiger partial charge in [0, 0.05) is 12.1 Å². The standard InChI is InChI=1S/C15H18N4O2/c1-2-20-15-13(16)14(17-10-18-15)19-7-8-21-12-6-4-3-5-11(12)9-19/h3-6,10H,2,7-9,16H2,1H3. The lowest BCUT2D eigenvalue weighted by Crippen LogP contribution is -2.27. The van der Waals surface area contributed by atoms with Crippen LogP contribution < -0.4 is 20.1 Å². The van der Waals surface area contributed by atoms with Crippen LogP contribution in [-0.4, -0.2) is 29.7 Å². The minimum absolute atomic E-state index is 0.431. The average Bonchev–Trinajstić information content (AvgIpc) is 2.72. The molecule has 0 fully saturated rings. The van der Waals surface area contributed by atoms with Crippen LogP contribution in [0.1, 0.15) is 12.5 Å². The monoisotopic (exact) mass is 286 g/mol. The molecule has 1 aromatic heterocycles. The van der Waals surface area contributed by atoms with Crippen LogP contribution in [0.3, 0.4) is 0 Å². The molecule has 6 heteroatoms. The third-order valence-electron chi connectivity index (χ3n) is 3.36. The molecule has 1 aromatic carbocycles. The molecule has 0 saturated carbocycles. The van der Waals surface area contributed by atoms with Crippen molar-refractivity contribution in [2.45, 2.75) is 13.5 Å². The van der Waals surface area contributed by atoms with Gasteiger partial charge in [-0.3, -0.25) is 0 Å². The van der Waals surface area contributed by atoms with Gasteiger partial charge in [0.25, 0.3) is 0 Å². The van der Waals surface area contributed by atoms with Gasteiger partial charge in [-0.25, -0.2) is 4.98 Å². The summed E-state index contributed by atoms with van der Waals surface area (Å²) in [6, 6.07) is 8.00. The van der Waals surface area contributed by atoms with Crippen LogP contribution in [-0.2, 0) is 6.54 Å². The van der Waals surface area contributed by atoms with Crippen LogP contribution in [0.25, 0.3) is 0 Å². The number of nitrogen functional groups attached to an aromatic ring is 1. The normalized spacial score (nSPS) is 14.0. The number of nitrogens with zero attached hydrogens (tertiary/aromatic N) is 3. The maximum Gasteiger partial charge on any atom is 0.242 e. The number of hydrogen-bond acceptors (Lipinski definition) is 6. The smallest absolute Gasteiger partial charge is 0.242 e. The summed E-state index contributed by atoms with van der Waals surface area (Å²) in [6.45, 7) is 4.42. The molecule has 0 spiro atoms. The second-order valence-electron chi connectivity index (χ2n) is 4.73. The third-order valence-corrected chi connectivity index (χ3v) is 3.36. The van der Waals surface area contributed by atoms with Crippen molar-refractivity contribution in [2.24, 2.45) is 0 Å². The summed E-state index contributed by atoms with van der Waals surface area (Å²) < 4.78 is 11.2. The molecule has 3 rings (SSSR count). The highest BCUT2D eigenvalue weighted by molar-refractivity contribution is 5.68. The van der Waals surface area contributed by atoms with E-state index in [0.717, 1.165) is 11.3 Å². The maximum absolute atomic E-state index is 6.14. The highest BCUT2D eigenvalue weighted by Crippen LogP contribution is 2.31. The molecule has 0 saturated heterocycles. The zero-order valence-corrected chi connectivity index (χ0v) is 12.0. The molecule has 2 aromatic rings. The Kier molecular flexibility index (Phi) is 3.77. The van der Waals surface area contributed by atoms with Crippen molar-refractivity contribution in [3.8, 4) is 11.6 Å². The summed E-state index contributed by atoms with van der Waals surface area (Å²) in [6.07, 6.45) is 1.48. The van der Waals surface area contributed by atoms with E-state index in [4.69, 9.17) is 15.2 Å². The van der Waals surface area contributed by atoms with Gasteiger partial charge in [-0.05, 0) is 13.0 Å². The van der Waals surface area contributed by atoms with Crippen molar-refractivity contribution in [3.63, 3.8) is 0 Å². The first-order valence-corrected chi connectivity index (χ1v) is 6.98. The molecule has 1 aliphatic rings. The number of nitrogens with two attached hydrogens (primary N) is 1. The summed E-state index contributed by atoms with van der Waals surface area (Å²) >= 11 is 0. The van der Waals surface area contributed by atoms with Gasteiger partial charge in [0.05, 0.1) is 13.2 Å². The van der Waals surface area contributed by atoms with Crippen LogP contribution >= 0.6 is 0 Å². The number of benzene rings is 1. The van der Waals surface area contributed by atoms with E-state index in [9.17, 15) is 0 Å². The van der Waals surface area contributed by atoms with Gasteiger partial charge in [0.15, 0.2) is 5.82 Å². The van der Waals surface area contributed by atoms with Crippen molar-refractivity contribution in [3.05, 3.63) is 36.2 Å². The predicted octanol–water partition coefficient (Wildman–Crippen LogP) is 1.86. The molecule has 0 atom stereocenters. The summed E-state index contributed by atoms with van der Waals surface area (Å²) in [4.78, 5) is 10.5. The molecule has 0 radical (unpaired) electrons. The average molecular weight is 286 g/mol. The van der Waals surface area contributed by atoms with Crippen LogP contribution in [0, 0.1) is 0 Å². The van der Waals surface area contributed by atoms with E-state index in [-0.39, 0.29) is 0 Å². The molecular weight excluding hydrogens is 268 g/mol. The Morgan fingerprint density at radius 1 is 1.33 bits per heavy atom. The third kappa shape index (κ3) is 2.69. The zero-order valence-electron chi connectivity index (χ0n) is 12.0. The minimum Gasteiger partial charge on any atom is -0.491 e. The lowest BCUT2D eigenvalue weighted by atomic mass is 10.2. The van der Waals surface area contributed by atoms with Crippen LogP contribution in [0.2, 0.25) is 0 Å². The molecule has 2 heterocycles. The Hall–Kier alpha value is -2.50. The number of anilines is 2. The number of hydrogen-bond donors (Lipinski definition) is 1. The van der Waals surface area contributed by atoms with E-state index in [1.807, 2.05) is 25.1 Å². The first kappa shape index (κ1) is 13.5. The fourth-order valence-electron chi connectivity index (χ4n) is 2.38. The van der Waals surface area contributed by atoms with E-state index < -0.39 is 0 Å². The van der Waals surface area contributed by atoms with Gasteiger partial charge < -0.3 is 20.1 Å². The second kappa shape index (κ2) is 5.87. The van der Waals surface area contributed by atoms with E-state index in [1.54, 1.807) is 0 Å². The zero-order chi connectivity index (χ0) is 14.7. The van der Waals surface area contributed by atoms with Crippen LogP contribution in [0.5, 0.6) is 11.6 Å². The van der Waals surface area contributed by atoms with E-state index in [2.05, 4.69) is 20.9 Å². The number of fused-ring (bicyclic) bond motifs is 1. The summed E-state index contributed by atoms with van der Waals surface area (Å²) in [5.41, 5.74) is 7.73. The van der Waals surface area contributed by atoms with E-state index in [1.165, 1.54) is 6.33 Å². The first-order valence-electron chi connectivity index (χ1n) is 6.98. The van der Waals surface area contributed by atoms with Gasteiger partial charge in [-0.2, -0.15) is 4.98 Å². The quantitative estimate of drug-likeness (QED) is 0.928. The lowest BCUT2D eigenvalue weighted by molar-refractivity contribution is 0.326. The number of para-hydroxylation sites is 1. The summed E-state index contributed by atoms with van der Waals surface area (Å²) in [5, 5.41) is 0. The predicted molar refractivity (Wildman–Crippen MR) is 80.6 cm³/mol. The van der Waals surface area contributed by atoms with Crippen molar-refractivity contribution in [1.29, 1.82) is 0 Å². The fourth-order valence-corrected chi connectivity index (χ4v) is 2.38. The fraction of sp³-hybridized carbons (Fsp3) is 0.333. The van der Waals surface area contributed by atoms with Gasteiger partial charge in [-0.15, -0.1) is 0 Å². The number of ether oxygens (including phenoxy) is 2. The second-order valence-corrected chi connectivity index (χ2v) is 4.73. The molecule has 1 aliphatic heterocycles. The molecule has 0 aliphatic carbocycles. The Labute approximate surface area is 123 Å². The molecule has 0 unspecified atom stereocenters. The first-order chi connectivity index (χ1) is 10.3. The van der Waals surface area contributed by atoms with Crippen molar-refractivity contribution < 1.29 is 9.47 Å². The Bertz CT molecular complexity index is 633. The molecule has 2 N–H and O–H groups in total. The lowest BCUT2D eigenvalue weighted by Gasteiger charge is -2.22. The molecule has 110 valence electrons.